The van der Waals surface area contributed by atoms with E-state index in [1.54, 1.807) is 0 Å². The minimum absolute atomic E-state index is 0.477. The van der Waals surface area contributed by atoms with E-state index in [9.17, 15) is 0 Å². The summed E-state index contributed by atoms with van der Waals surface area (Å²) in [5.74, 6) is 2.39. The minimum atomic E-state index is 0.477. The molecule has 0 amide bonds. The lowest BCUT2D eigenvalue weighted by molar-refractivity contribution is 0.414. The zero-order valence-corrected chi connectivity index (χ0v) is 11.4. The summed E-state index contributed by atoms with van der Waals surface area (Å²) in [6.45, 7) is 2.09. The summed E-state index contributed by atoms with van der Waals surface area (Å²) in [5, 5.41) is 14.9. The number of nitrogens with one attached hydrogen (secondary N) is 2. The number of rotatable bonds is 3. The second-order valence-corrected chi connectivity index (χ2v) is 5.84. The molecule has 3 heterocycles. The van der Waals surface area contributed by atoms with Crippen LogP contribution < -0.4 is 5.32 Å². The van der Waals surface area contributed by atoms with E-state index in [1.165, 1.54) is 25.7 Å². The molecule has 1 unspecified atom stereocenters. The van der Waals surface area contributed by atoms with Crippen molar-refractivity contribution in [3.63, 3.8) is 0 Å². The maximum absolute atomic E-state index is 5.38. The van der Waals surface area contributed by atoms with Gasteiger partial charge in [-0.25, -0.2) is 0 Å². The monoisotopic (exact) mass is 273 g/mol. The Morgan fingerprint density at radius 2 is 2.05 bits per heavy atom. The molecule has 1 saturated carbocycles. The highest BCUT2D eigenvalue weighted by atomic mass is 16.5. The second kappa shape index (κ2) is 5.01. The molecule has 1 aliphatic carbocycles. The van der Waals surface area contributed by atoms with Gasteiger partial charge in [-0.3, -0.25) is 5.10 Å². The van der Waals surface area contributed by atoms with Gasteiger partial charge in [0.05, 0.1) is 0 Å². The van der Waals surface area contributed by atoms with Crippen molar-refractivity contribution in [3.8, 4) is 11.6 Å². The van der Waals surface area contributed by atoms with Gasteiger partial charge in [-0.15, -0.1) is 0 Å². The molecule has 106 valence electrons. The smallest absolute Gasteiger partial charge is 0.278 e. The predicted octanol–water partition coefficient (Wildman–Crippen LogP) is 2.19. The Bertz CT molecular complexity index is 526. The zero-order valence-electron chi connectivity index (χ0n) is 11.4. The summed E-state index contributed by atoms with van der Waals surface area (Å²) in [7, 11) is 0. The van der Waals surface area contributed by atoms with E-state index >= 15 is 0 Å². The molecule has 6 heteroatoms. The van der Waals surface area contributed by atoms with Crippen molar-refractivity contribution in [3.05, 3.63) is 17.6 Å². The minimum Gasteiger partial charge on any atom is -0.332 e. The van der Waals surface area contributed by atoms with Crippen LogP contribution in [0.25, 0.3) is 11.6 Å². The molecule has 2 N–H and O–H groups in total. The molecule has 0 radical (unpaired) electrons. The topological polar surface area (TPSA) is 79.6 Å². The van der Waals surface area contributed by atoms with Crippen molar-refractivity contribution in [2.45, 2.75) is 43.9 Å². The molecule has 0 aromatic carbocycles. The molecule has 1 atom stereocenters. The van der Waals surface area contributed by atoms with Gasteiger partial charge >= 0.3 is 0 Å². The van der Waals surface area contributed by atoms with Crippen LogP contribution in [0.1, 0.15) is 55.5 Å². The van der Waals surface area contributed by atoms with Crippen LogP contribution in [-0.2, 0) is 0 Å². The van der Waals surface area contributed by atoms with Gasteiger partial charge in [-0.1, -0.05) is 18.0 Å². The highest BCUT2D eigenvalue weighted by Gasteiger charge is 2.24. The SMILES string of the molecule is c1c(-c2nc(C3CCCC3)no2)n[nH]c1C1CCNC1. The van der Waals surface area contributed by atoms with Crippen molar-refractivity contribution < 1.29 is 4.52 Å². The van der Waals surface area contributed by atoms with Gasteiger partial charge in [0.1, 0.15) is 0 Å². The molecular formula is C14H19N5O. The van der Waals surface area contributed by atoms with Gasteiger partial charge in [-0.05, 0) is 31.9 Å². The Balaban J connectivity index is 1.54. The average Bonchev–Trinajstić information content (AvgIpc) is 3.22. The van der Waals surface area contributed by atoms with E-state index in [0.29, 0.717) is 17.7 Å². The third kappa shape index (κ3) is 2.14. The van der Waals surface area contributed by atoms with Crippen LogP contribution in [-0.4, -0.2) is 33.4 Å². The van der Waals surface area contributed by atoms with Crippen molar-refractivity contribution in [2.75, 3.05) is 13.1 Å². The van der Waals surface area contributed by atoms with E-state index in [-0.39, 0.29) is 0 Å². The Morgan fingerprint density at radius 3 is 2.85 bits per heavy atom. The molecule has 4 rings (SSSR count). The number of aromatic amines is 1. The van der Waals surface area contributed by atoms with E-state index in [0.717, 1.165) is 36.7 Å². The van der Waals surface area contributed by atoms with E-state index in [4.69, 9.17) is 4.52 Å². The maximum Gasteiger partial charge on any atom is 0.278 e. The van der Waals surface area contributed by atoms with E-state index in [1.807, 2.05) is 6.07 Å². The van der Waals surface area contributed by atoms with Crippen LogP contribution in [0.2, 0.25) is 0 Å². The van der Waals surface area contributed by atoms with Gasteiger partial charge in [0, 0.05) is 24.1 Å². The molecule has 20 heavy (non-hydrogen) atoms. The van der Waals surface area contributed by atoms with Crippen LogP contribution in [0.5, 0.6) is 0 Å². The molecule has 1 saturated heterocycles. The first-order chi connectivity index (χ1) is 9.90. The third-order valence-corrected chi connectivity index (χ3v) is 4.48. The second-order valence-electron chi connectivity index (χ2n) is 5.84. The normalized spacial score (nSPS) is 23.7. The number of hydrogen-bond acceptors (Lipinski definition) is 5. The van der Waals surface area contributed by atoms with Gasteiger partial charge in [0.2, 0.25) is 0 Å². The molecule has 2 aromatic heterocycles. The fourth-order valence-electron chi connectivity index (χ4n) is 3.26. The molecule has 6 nitrogen and oxygen atoms in total. The van der Waals surface area contributed by atoms with Gasteiger partial charge in [-0.2, -0.15) is 10.1 Å². The zero-order chi connectivity index (χ0) is 13.4. The van der Waals surface area contributed by atoms with E-state index in [2.05, 4.69) is 25.7 Å². The van der Waals surface area contributed by atoms with Gasteiger partial charge in [0.25, 0.3) is 5.89 Å². The largest absolute Gasteiger partial charge is 0.332 e. The molecule has 2 fully saturated rings. The lowest BCUT2D eigenvalue weighted by atomic mass is 10.1. The fraction of sp³-hybridized carbons (Fsp3) is 0.643. The average molecular weight is 273 g/mol. The predicted molar refractivity (Wildman–Crippen MR) is 73.3 cm³/mol. The maximum atomic E-state index is 5.38. The number of aromatic nitrogens is 4. The number of nitrogens with zero attached hydrogens (tertiary/aromatic N) is 3. The Labute approximate surface area is 117 Å². The summed E-state index contributed by atoms with van der Waals surface area (Å²) in [5.41, 5.74) is 1.93. The van der Waals surface area contributed by atoms with Crippen LogP contribution in [0.3, 0.4) is 0 Å². The summed E-state index contributed by atoms with van der Waals surface area (Å²) < 4.78 is 5.38. The quantitative estimate of drug-likeness (QED) is 0.896. The first-order valence-corrected chi connectivity index (χ1v) is 7.50. The Morgan fingerprint density at radius 1 is 1.15 bits per heavy atom. The van der Waals surface area contributed by atoms with Crippen LogP contribution >= 0.6 is 0 Å². The summed E-state index contributed by atoms with van der Waals surface area (Å²) in [6, 6.07) is 2.05. The van der Waals surface area contributed by atoms with Crippen molar-refractivity contribution in [1.82, 2.24) is 25.7 Å². The summed E-state index contributed by atoms with van der Waals surface area (Å²) >= 11 is 0. The summed E-state index contributed by atoms with van der Waals surface area (Å²) in [6.07, 6.45) is 6.06. The van der Waals surface area contributed by atoms with Crippen LogP contribution in [0.4, 0.5) is 0 Å². The number of hydrogen-bond donors (Lipinski definition) is 2. The van der Waals surface area contributed by atoms with Gasteiger partial charge in [0.15, 0.2) is 11.5 Å². The van der Waals surface area contributed by atoms with Crippen molar-refractivity contribution in [1.29, 1.82) is 0 Å². The molecular weight excluding hydrogens is 254 g/mol. The molecule has 2 aromatic rings. The lowest BCUT2D eigenvalue weighted by Gasteiger charge is -2.02. The van der Waals surface area contributed by atoms with Crippen molar-refractivity contribution in [2.24, 2.45) is 0 Å². The highest BCUT2D eigenvalue weighted by molar-refractivity contribution is 5.47. The lowest BCUT2D eigenvalue weighted by Crippen LogP contribution is -2.08. The Kier molecular flexibility index (Phi) is 3.03. The highest BCUT2D eigenvalue weighted by Crippen LogP contribution is 2.33. The Hall–Kier alpha value is -1.69. The first kappa shape index (κ1) is 12.1. The first-order valence-electron chi connectivity index (χ1n) is 7.50. The third-order valence-electron chi connectivity index (χ3n) is 4.48. The van der Waals surface area contributed by atoms with Crippen molar-refractivity contribution >= 4 is 0 Å². The van der Waals surface area contributed by atoms with Gasteiger partial charge < -0.3 is 9.84 Å². The van der Waals surface area contributed by atoms with Crippen LogP contribution in [0.15, 0.2) is 10.6 Å². The molecule has 2 aliphatic rings. The standard InChI is InChI=1S/C14H19N5O/c1-2-4-9(3-1)13-16-14(20-19-13)12-7-11(17-18-12)10-5-6-15-8-10/h7,9-10,15H,1-6,8H2,(H,17,18). The molecule has 0 spiro atoms. The summed E-state index contributed by atoms with van der Waals surface area (Å²) in [4.78, 5) is 4.53. The van der Waals surface area contributed by atoms with E-state index < -0.39 is 0 Å². The molecule has 0 bridgehead atoms. The molecule has 1 aliphatic heterocycles. The van der Waals surface area contributed by atoms with Crippen LogP contribution in [0, 0.1) is 0 Å². The fourth-order valence-corrected chi connectivity index (χ4v) is 3.26. The number of H-pyrrole nitrogens is 1.